The van der Waals surface area contributed by atoms with Crippen molar-refractivity contribution in [2.24, 2.45) is 0 Å². The number of carbonyl (C=O) groups excluding carboxylic acids is 1. The predicted octanol–water partition coefficient (Wildman–Crippen LogP) is 3.78. The fraction of sp³-hybridized carbons (Fsp3) is 0.350. The normalized spacial score (nSPS) is 16.5. The molecule has 0 radical (unpaired) electrons. The number of halogens is 3. The van der Waals surface area contributed by atoms with Crippen LogP contribution in [-0.2, 0) is 6.18 Å². The molecule has 0 bridgehead atoms. The minimum Gasteiger partial charge on any atom is -0.390 e. The van der Waals surface area contributed by atoms with E-state index < -0.39 is 23.3 Å². The summed E-state index contributed by atoms with van der Waals surface area (Å²) >= 11 is 1.64. The number of aliphatic hydroxyl groups is 1. The second-order valence-corrected chi connectivity index (χ2v) is 7.86. The van der Waals surface area contributed by atoms with E-state index in [-0.39, 0.29) is 22.6 Å². The zero-order chi connectivity index (χ0) is 21.8. The lowest BCUT2D eigenvalue weighted by molar-refractivity contribution is -0.141. The summed E-state index contributed by atoms with van der Waals surface area (Å²) in [6.45, 7) is 3.53. The van der Waals surface area contributed by atoms with Gasteiger partial charge in [0.1, 0.15) is 11.4 Å². The quantitative estimate of drug-likeness (QED) is 0.457. The molecule has 0 spiro atoms. The van der Waals surface area contributed by atoms with Crippen LogP contribution in [0.15, 0.2) is 53.3 Å². The average Bonchev–Trinajstić information content (AvgIpc) is 2.64. The summed E-state index contributed by atoms with van der Waals surface area (Å²) in [7, 11) is 0. The van der Waals surface area contributed by atoms with E-state index in [1.165, 1.54) is 32.1 Å². The Morgan fingerprint density at radius 3 is 2.59 bits per heavy atom. The molecule has 156 valence electrons. The number of ketones is 1. The molecule has 1 heterocycles. The van der Waals surface area contributed by atoms with Gasteiger partial charge in [0.15, 0.2) is 0 Å². The second kappa shape index (κ2) is 8.96. The Hall–Kier alpha value is -2.39. The first-order chi connectivity index (χ1) is 13.4. The van der Waals surface area contributed by atoms with Crippen LogP contribution in [0.25, 0.3) is 0 Å². The molecule has 0 aromatic carbocycles. The number of nitrogens with zero attached hydrogens (tertiary/aromatic N) is 1. The Labute approximate surface area is 171 Å². The Balaban J connectivity index is 2.47. The number of Topliss-reactive ketones (excluding diaryl/α,β-unsaturated/α-hetero) is 1. The van der Waals surface area contributed by atoms with Crippen LogP contribution in [0.4, 0.5) is 13.2 Å². The van der Waals surface area contributed by atoms with Gasteiger partial charge < -0.3 is 15.8 Å². The molecule has 0 unspecified atom stereocenters. The van der Waals surface area contributed by atoms with Crippen molar-refractivity contribution in [1.82, 2.24) is 10.3 Å². The first-order valence-corrected chi connectivity index (χ1v) is 10.1. The minimum atomic E-state index is -4.68. The van der Waals surface area contributed by atoms with E-state index in [4.69, 9.17) is 5.41 Å². The number of pyridine rings is 1. The fourth-order valence-corrected chi connectivity index (χ4v) is 2.95. The van der Waals surface area contributed by atoms with Crippen LogP contribution >= 0.6 is 11.8 Å². The SMILES string of the molecule is CSCCN/C=C1/C=C(C(=O)c2cccc(C(F)(F)F)n2)C(C(C)(C)O)=CC1=N. The van der Waals surface area contributed by atoms with Crippen molar-refractivity contribution in [3.05, 3.63) is 64.7 Å². The summed E-state index contributed by atoms with van der Waals surface area (Å²) in [5, 5.41) is 21.6. The summed E-state index contributed by atoms with van der Waals surface area (Å²) in [5.41, 5.74) is -2.43. The summed E-state index contributed by atoms with van der Waals surface area (Å²) in [4.78, 5) is 16.4. The largest absolute Gasteiger partial charge is 0.433 e. The highest BCUT2D eigenvalue weighted by molar-refractivity contribution is 7.98. The van der Waals surface area contributed by atoms with Crippen molar-refractivity contribution < 1.29 is 23.1 Å². The Kier molecular flexibility index (Phi) is 7.07. The Morgan fingerprint density at radius 2 is 2.00 bits per heavy atom. The highest BCUT2D eigenvalue weighted by Crippen LogP contribution is 2.32. The topological polar surface area (TPSA) is 86.1 Å². The molecule has 29 heavy (non-hydrogen) atoms. The molecule has 1 aromatic heterocycles. The molecule has 0 amide bonds. The van der Waals surface area contributed by atoms with E-state index in [9.17, 15) is 23.1 Å². The van der Waals surface area contributed by atoms with Crippen molar-refractivity contribution >= 4 is 23.3 Å². The van der Waals surface area contributed by atoms with Gasteiger partial charge in [-0.2, -0.15) is 24.9 Å². The second-order valence-electron chi connectivity index (χ2n) is 6.87. The van der Waals surface area contributed by atoms with Crippen LogP contribution in [0.1, 0.15) is 30.0 Å². The predicted molar refractivity (Wildman–Crippen MR) is 108 cm³/mol. The summed E-state index contributed by atoms with van der Waals surface area (Å²) in [6, 6.07) is 3.10. The number of allylic oxidation sites excluding steroid dienone is 3. The van der Waals surface area contributed by atoms with E-state index >= 15 is 0 Å². The van der Waals surface area contributed by atoms with Gasteiger partial charge in [-0.1, -0.05) is 6.07 Å². The third-order valence-electron chi connectivity index (χ3n) is 4.07. The van der Waals surface area contributed by atoms with Gasteiger partial charge in [0.2, 0.25) is 5.78 Å². The van der Waals surface area contributed by atoms with E-state index in [0.29, 0.717) is 12.1 Å². The van der Waals surface area contributed by atoms with Gasteiger partial charge in [-0.05, 0) is 50.0 Å². The number of hydrogen-bond donors (Lipinski definition) is 3. The van der Waals surface area contributed by atoms with E-state index in [1.807, 2.05) is 6.26 Å². The number of rotatable bonds is 7. The van der Waals surface area contributed by atoms with Gasteiger partial charge in [0.25, 0.3) is 0 Å². The molecule has 5 nitrogen and oxygen atoms in total. The molecule has 1 aliphatic carbocycles. The van der Waals surface area contributed by atoms with E-state index in [1.54, 1.807) is 18.0 Å². The molecule has 0 saturated heterocycles. The number of nitrogens with one attached hydrogen (secondary N) is 2. The minimum absolute atomic E-state index is 0.00163. The first-order valence-electron chi connectivity index (χ1n) is 8.72. The third-order valence-corrected chi connectivity index (χ3v) is 4.69. The van der Waals surface area contributed by atoms with Crippen molar-refractivity contribution in [2.45, 2.75) is 25.6 Å². The lowest BCUT2D eigenvalue weighted by Gasteiger charge is -2.27. The highest BCUT2D eigenvalue weighted by atomic mass is 32.2. The number of aromatic nitrogens is 1. The first kappa shape index (κ1) is 22.9. The molecule has 0 fully saturated rings. The maximum atomic E-state index is 13.0. The van der Waals surface area contributed by atoms with Crippen LogP contribution in [0.3, 0.4) is 0 Å². The summed E-state index contributed by atoms with van der Waals surface area (Å²) < 4.78 is 38.9. The van der Waals surface area contributed by atoms with Crippen LogP contribution in [0.5, 0.6) is 0 Å². The molecular formula is C20H22F3N3O2S. The molecular weight excluding hydrogens is 403 g/mol. The zero-order valence-corrected chi connectivity index (χ0v) is 17.0. The zero-order valence-electron chi connectivity index (χ0n) is 16.2. The average molecular weight is 425 g/mol. The highest BCUT2D eigenvalue weighted by Gasteiger charge is 2.35. The molecule has 0 aliphatic heterocycles. The summed E-state index contributed by atoms with van der Waals surface area (Å²) in [6.07, 6.45) is 1.59. The van der Waals surface area contributed by atoms with Crippen molar-refractivity contribution in [1.29, 1.82) is 5.41 Å². The van der Waals surface area contributed by atoms with Gasteiger partial charge in [-0.25, -0.2) is 4.98 Å². The molecule has 0 atom stereocenters. The number of thioether (sulfide) groups is 1. The number of carbonyl (C=O) groups is 1. The molecule has 3 N–H and O–H groups in total. The Bertz CT molecular complexity index is 897. The van der Waals surface area contributed by atoms with Crippen LogP contribution < -0.4 is 5.32 Å². The maximum absolute atomic E-state index is 13.0. The summed E-state index contributed by atoms with van der Waals surface area (Å²) in [5.74, 6) is 0.0814. The van der Waals surface area contributed by atoms with Crippen molar-refractivity contribution in [2.75, 3.05) is 18.6 Å². The lowest BCUT2D eigenvalue weighted by atomic mass is 9.82. The van der Waals surface area contributed by atoms with Crippen LogP contribution in [0, 0.1) is 5.41 Å². The molecule has 1 aromatic rings. The standard InChI is InChI=1S/C20H22F3N3O2S/c1-19(2,28)14-10-15(24)12(11-25-7-8-29-3)9-13(14)18(27)16-5-4-6-17(26-16)20(21,22)23/h4-6,9-11,24-25,28H,7-8H2,1-3H3/b12-11-,24-15?. The number of alkyl halides is 3. The lowest BCUT2D eigenvalue weighted by Crippen LogP contribution is -2.29. The third kappa shape index (κ3) is 5.80. The van der Waals surface area contributed by atoms with Crippen LogP contribution in [0.2, 0.25) is 0 Å². The van der Waals surface area contributed by atoms with Crippen molar-refractivity contribution in [3.8, 4) is 0 Å². The van der Waals surface area contributed by atoms with Crippen molar-refractivity contribution in [3.63, 3.8) is 0 Å². The Morgan fingerprint density at radius 1 is 1.31 bits per heavy atom. The van der Waals surface area contributed by atoms with Gasteiger partial charge in [0.05, 0.1) is 11.3 Å². The van der Waals surface area contributed by atoms with Gasteiger partial charge >= 0.3 is 6.18 Å². The smallest absolute Gasteiger partial charge is 0.390 e. The number of hydrogen-bond acceptors (Lipinski definition) is 6. The fourth-order valence-electron chi connectivity index (χ4n) is 2.63. The van der Waals surface area contributed by atoms with Gasteiger partial charge in [0, 0.05) is 29.6 Å². The molecule has 9 heteroatoms. The molecule has 1 aliphatic rings. The van der Waals surface area contributed by atoms with E-state index in [0.717, 1.165) is 17.9 Å². The van der Waals surface area contributed by atoms with Crippen LogP contribution in [-0.4, -0.2) is 45.7 Å². The molecule has 2 rings (SSSR count). The monoisotopic (exact) mass is 425 g/mol. The maximum Gasteiger partial charge on any atom is 0.433 e. The van der Waals surface area contributed by atoms with Gasteiger partial charge in [-0.15, -0.1) is 0 Å². The molecule has 0 saturated carbocycles. The van der Waals surface area contributed by atoms with Gasteiger partial charge in [-0.3, -0.25) is 4.79 Å². The van der Waals surface area contributed by atoms with E-state index in [2.05, 4.69) is 10.3 Å².